The second kappa shape index (κ2) is 6.60. The fourth-order valence-corrected chi connectivity index (χ4v) is 2.91. The first-order chi connectivity index (χ1) is 9.69. The first-order valence-corrected chi connectivity index (χ1v) is 7.32. The number of amides is 1. The fraction of sp³-hybridized carbons (Fsp3) is 0.471. The number of nitrogens with one attached hydrogen (secondary N) is 1. The largest absolute Gasteiger partial charge is 0.449 e. The number of rotatable bonds is 5. The van der Waals surface area contributed by atoms with Crippen molar-refractivity contribution < 1.29 is 9.53 Å². The number of hydrogen-bond donors (Lipinski definition) is 1. The van der Waals surface area contributed by atoms with Gasteiger partial charge in [0.25, 0.3) is 0 Å². The van der Waals surface area contributed by atoms with Crippen LogP contribution >= 0.6 is 0 Å². The Kier molecular flexibility index (Phi) is 4.83. The highest BCUT2D eigenvalue weighted by Gasteiger charge is 2.29. The molecule has 1 N–H and O–H groups in total. The lowest BCUT2D eigenvalue weighted by atomic mass is 9.93. The van der Waals surface area contributed by atoms with Crippen LogP contribution < -0.4 is 5.32 Å². The summed E-state index contributed by atoms with van der Waals surface area (Å²) in [6.07, 6.45) is 3.08. The molecule has 1 unspecified atom stereocenters. The van der Waals surface area contributed by atoms with Crippen LogP contribution in [0.1, 0.15) is 50.2 Å². The van der Waals surface area contributed by atoms with E-state index in [-0.39, 0.29) is 12.0 Å². The highest BCUT2D eigenvalue weighted by molar-refractivity contribution is 5.77. The molecule has 20 heavy (non-hydrogen) atoms. The molecule has 1 aliphatic carbocycles. The van der Waals surface area contributed by atoms with Gasteiger partial charge in [0.15, 0.2) is 0 Å². The van der Waals surface area contributed by atoms with E-state index in [4.69, 9.17) is 4.74 Å². The van der Waals surface area contributed by atoms with Crippen molar-refractivity contribution in [2.45, 2.75) is 39.0 Å². The number of allylic oxidation sites excluding steroid dienone is 1. The maximum Gasteiger partial charge on any atom is 0.406 e. The van der Waals surface area contributed by atoms with Crippen molar-refractivity contribution in [2.24, 2.45) is 0 Å². The predicted molar refractivity (Wildman–Crippen MR) is 81.7 cm³/mol. The van der Waals surface area contributed by atoms with Gasteiger partial charge in [-0.25, -0.2) is 4.79 Å². The van der Waals surface area contributed by atoms with Gasteiger partial charge in [-0.05, 0) is 36.5 Å². The molecule has 0 saturated heterocycles. The smallest absolute Gasteiger partial charge is 0.406 e. The minimum absolute atomic E-state index is 0.218. The van der Waals surface area contributed by atoms with Crippen molar-refractivity contribution >= 4 is 11.7 Å². The second-order valence-electron chi connectivity index (χ2n) is 5.24. The Hall–Kier alpha value is -1.77. The summed E-state index contributed by atoms with van der Waals surface area (Å²) < 4.78 is 5.31. The SMILES string of the molecule is CCCCC1=C(C)c2ccccc2C1COC(=O)NC. The standard InChI is InChI=1S/C17H23NO2/c1-4-5-8-14-12(2)13-9-6-7-10-15(13)16(14)11-20-17(19)18-3/h6-7,9-10,16H,4-5,8,11H2,1-3H3,(H,18,19). The van der Waals surface area contributed by atoms with Gasteiger partial charge in [0.2, 0.25) is 0 Å². The predicted octanol–water partition coefficient (Wildman–Crippen LogP) is 4.10. The fourth-order valence-electron chi connectivity index (χ4n) is 2.91. The number of ether oxygens (including phenoxy) is 1. The summed E-state index contributed by atoms with van der Waals surface area (Å²) >= 11 is 0. The van der Waals surface area contributed by atoms with Crippen LogP contribution in [0.3, 0.4) is 0 Å². The molecule has 2 rings (SSSR count). The second-order valence-corrected chi connectivity index (χ2v) is 5.24. The molecule has 0 spiro atoms. The van der Waals surface area contributed by atoms with Gasteiger partial charge in [-0.3, -0.25) is 0 Å². The normalized spacial score (nSPS) is 17.1. The van der Waals surface area contributed by atoms with E-state index in [9.17, 15) is 4.79 Å². The molecule has 0 bridgehead atoms. The van der Waals surface area contributed by atoms with Crippen LogP contribution in [0.4, 0.5) is 4.79 Å². The van der Waals surface area contributed by atoms with Gasteiger partial charge in [-0.15, -0.1) is 0 Å². The summed E-state index contributed by atoms with van der Waals surface area (Å²) in [7, 11) is 1.59. The van der Waals surface area contributed by atoms with Gasteiger partial charge in [0, 0.05) is 13.0 Å². The van der Waals surface area contributed by atoms with Gasteiger partial charge in [-0.1, -0.05) is 43.2 Å². The highest BCUT2D eigenvalue weighted by atomic mass is 16.5. The summed E-state index contributed by atoms with van der Waals surface area (Å²) in [4.78, 5) is 11.3. The van der Waals surface area contributed by atoms with Crippen molar-refractivity contribution in [1.82, 2.24) is 5.32 Å². The Morgan fingerprint density at radius 1 is 1.35 bits per heavy atom. The van der Waals surface area contributed by atoms with E-state index in [1.807, 2.05) is 0 Å². The summed E-state index contributed by atoms with van der Waals surface area (Å²) in [5.74, 6) is 0.218. The minimum Gasteiger partial charge on any atom is -0.449 e. The molecule has 0 fully saturated rings. The Balaban J connectivity index is 2.23. The highest BCUT2D eigenvalue weighted by Crippen LogP contribution is 2.43. The molecule has 0 saturated carbocycles. The van der Waals surface area contributed by atoms with Crippen molar-refractivity contribution in [3.05, 3.63) is 41.0 Å². The Morgan fingerprint density at radius 2 is 2.10 bits per heavy atom. The molecule has 0 aliphatic heterocycles. The molecule has 1 aromatic carbocycles. The zero-order valence-corrected chi connectivity index (χ0v) is 12.5. The van der Waals surface area contributed by atoms with E-state index in [1.54, 1.807) is 7.05 Å². The van der Waals surface area contributed by atoms with E-state index in [0.717, 1.165) is 6.42 Å². The lowest BCUT2D eigenvalue weighted by Crippen LogP contribution is -2.22. The average Bonchev–Trinajstić information content (AvgIpc) is 2.75. The van der Waals surface area contributed by atoms with Gasteiger partial charge < -0.3 is 10.1 Å². The van der Waals surface area contributed by atoms with Crippen LogP contribution in [0.15, 0.2) is 29.8 Å². The molecule has 1 aromatic rings. The average molecular weight is 273 g/mol. The summed E-state index contributed by atoms with van der Waals surface area (Å²) in [5, 5.41) is 2.50. The van der Waals surface area contributed by atoms with Crippen LogP contribution in [-0.4, -0.2) is 19.7 Å². The molecule has 108 valence electrons. The Bertz CT molecular complexity index is 519. The van der Waals surface area contributed by atoms with Crippen molar-refractivity contribution in [3.8, 4) is 0 Å². The number of hydrogen-bond acceptors (Lipinski definition) is 2. The minimum atomic E-state index is -0.359. The molecule has 3 heteroatoms. The molecule has 1 aliphatic rings. The molecular weight excluding hydrogens is 250 g/mol. The molecular formula is C17H23NO2. The quantitative estimate of drug-likeness (QED) is 0.877. The zero-order chi connectivity index (χ0) is 14.5. The van der Waals surface area contributed by atoms with Crippen LogP contribution in [0.25, 0.3) is 5.57 Å². The summed E-state index contributed by atoms with van der Waals surface area (Å²) in [5.41, 5.74) is 5.39. The third-order valence-corrected chi connectivity index (χ3v) is 4.03. The summed E-state index contributed by atoms with van der Waals surface area (Å²) in [6.45, 7) is 4.81. The summed E-state index contributed by atoms with van der Waals surface area (Å²) in [6, 6.07) is 8.44. The zero-order valence-electron chi connectivity index (χ0n) is 12.5. The van der Waals surface area contributed by atoms with Crippen LogP contribution in [-0.2, 0) is 4.74 Å². The van der Waals surface area contributed by atoms with E-state index < -0.39 is 0 Å². The molecule has 0 heterocycles. The lowest BCUT2D eigenvalue weighted by Gasteiger charge is -2.17. The monoisotopic (exact) mass is 273 g/mol. The molecule has 1 amide bonds. The van der Waals surface area contributed by atoms with Crippen LogP contribution in [0.2, 0.25) is 0 Å². The van der Waals surface area contributed by atoms with Crippen molar-refractivity contribution in [1.29, 1.82) is 0 Å². The van der Waals surface area contributed by atoms with Crippen molar-refractivity contribution in [3.63, 3.8) is 0 Å². The van der Waals surface area contributed by atoms with E-state index in [2.05, 4.69) is 43.4 Å². The number of carbonyl (C=O) groups excluding carboxylic acids is 1. The number of carbonyl (C=O) groups is 1. The molecule has 0 radical (unpaired) electrons. The number of alkyl carbamates (subject to hydrolysis) is 1. The van der Waals surface area contributed by atoms with Gasteiger partial charge in [0.1, 0.15) is 6.61 Å². The van der Waals surface area contributed by atoms with Gasteiger partial charge in [0.05, 0.1) is 0 Å². The van der Waals surface area contributed by atoms with E-state index in [0.29, 0.717) is 6.61 Å². The maximum atomic E-state index is 11.3. The van der Waals surface area contributed by atoms with Crippen LogP contribution in [0, 0.1) is 0 Å². The van der Waals surface area contributed by atoms with E-state index >= 15 is 0 Å². The molecule has 3 nitrogen and oxygen atoms in total. The molecule has 1 atom stereocenters. The van der Waals surface area contributed by atoms with Gasteiger partial charge >= 0.3 is 6.09 Å². The third-order valence-electron chi connectivity index (χ3n) is 4.03. The Labute approximate surface area is 121 Å². The third kappa shape index (κ3) is 2.87. The number of unbranched alkanes of at least 4 members (excludes halogenated alkanes) is 1. The van der Waals surface area contributed by atoms with Crippen LogP contribution in [0.5, 0.6) is 0 Å². The first-order valence-electron chi connectivity index (χ1n) is 7.32. The Morgan fingerprint density at radius 3 is 2.80 bits per heavy atom. The lowest BCUT2D eigenvalue weighted by molar-refractivity contribution is 0.144. The topological polar surface area (TPSA) is 38.3 Å². The molecule has 0 aromatic heterocycles. The van der Waals surface area contributed by atoms with Crippen molar-refractivity contribution in [2.75, 3.05) is 13.7 Å². The number of benzene rings is 1. The number of fused-ring (bicyclic) bond motifs is 1. The van der Waals surface area contributed by atoms with E-state index in [1.165, 1.54) is 35.1 Å². The maximum absolute atomic E-state index is 11.3. The van der Waals surface area contributed by atoms with Gasteiger partial charge in [-0.2, -0.15) is 0 Å². The first kappa shape index (κ1) is 14.6.